The van der Waals surface area contributed by atoms with Gasteiger partial charge in [-0.15, -0.1) is 0 Å². The first-order chi connectivity index (χ1) is 7.41. The van der Waals surface area contributed by atoms with Gasteiger partial charge in [0.15, 0.2) is 0 Å². The minimum Gasteiger partial charge on any atom is -0.0991 e. The smallest absolute Gasteiger partial charge is 0.0348 e. The van der Waals surface area contributed by atoms with Gasteiger partial charge in [-0.25, -0.2) is 0 Å². The van der Waals surface area contributed by atoms with Gasteiger partial charge in [-0.05, 0) is 12.8 Å². The summed E-state index contributed by atoms with van der Waals surface area (Å²) in [5.74, 6) is 0. The Balaban J connectivity index is 3.27. The molecule has 0 radical (unpaired) electrons. The lowest BCUT2D eigenvalue weighted by Crippen LogP contribution is -1.75. The highest BCUT2D eigenvalue weighted by atomic mass is 13.9. The molecule has 0 unspecified atom stereocenters. The molecule has 0 N–H and O–H groups in total. The molecule has 0 aromatic carbocycles. The molecule has 0 aliphatic carbocycles. The maximum absolute atomic E-state index is 3.60. The van der Waals surface area contributed by atoms with Crippen LogP contribution in [0.1, 0.15) is 45.4 Å². The van der Waals surface area contributed by atoms with Crippen LogP contribution in [0.3, 0.4) is 0 Å². The second kappa shape index (κ2) is 13.0. The molecule has 0 aromatic heterocycles. The lowest BCUT2D eigenvalue weighted by atomic mass is 10.1. The first-order valence-corrected chi connectivity index (χ1v) is 6.02. The summed E-state index contributed by atoms with van der Waals surface area (Å²) in [6.45, 7) is 5.86. The Morgan fingerprint density at radius 3 is 2.20 bits per heavy atom. The van der Waals surface area contributed by atoms with E-state index in [0.717, 1.165) is 0 Å². The van der Waals surface area contributed by atoms with Crippen LogP contribution in [-0.2, 0) is 0 Å². The number of hydrogen-bond donors (Lipinski definition) is 0. The van der Waals surface area contributed by atoms with E-state index in [1.165, 1.54) is 38.5 Å². The van der Waals surface area contributed by atoms with Crippen LogP contribution in [0.15, 0.2) is 49.1 Å². The standard InChI is InChI=1S/C15H24/c1-3-5-7-9-11-13-15-14-12-10-8-6-4-2/h3,5,7,9,11,13,15H,1,4,6,8,10,12,14H2,2H3/b7-5+,11-9+,15-13+. The summed E-state index contributed by atoms with van der Waals surface area (Å²) < 4.78 is 0. The van der Waals surface area contributed by atoms with Crippen LogP contribution >= 0.6 is 0 Å². The molecule has 0 rings (SSSR count). The molecule has 84 valence electrons. The van der Waals surface area contributed by atoms with Crippen molar-refractivity contribution in [2.75, 3.05) is 0 Å². The van der Waals surface area contributed by atoms with Crippen LogP contribution in [0.5, 0.6) is 0 Å². The maximum atomic E-state index is 3.60. The fraction of sp³-hybridized carbons (Fsp3) is 0.467. The highest BCUT2D eigenvalue weighted by molar-refractivity contribution is 5.14. The van der Waals surface area contributed by atoms with Crippen molar-refractivity contribution in [1.82, 2.24) is 0 Å². The molecule has 15 heavy (non-hydrogen) atoms. The van der Waals surface area contributed by atoms with Crippen molar-refractivity contribution >= 4 is 0 Å². The minimum absolute atomic E-state index is 1.21. The molecular weight excluding hydrogens is 180 g/mol. The zero-order chi connectivity index (χ0) is 11.2. The quantitative estimate of drug-likeness (QED) is 0.357. The van der Waals surface area contributed by atoms with E-state index in [9.17, 15) is 0 Å². The van der Waals surface area contributed by atoms with Gasteiger partial charge in [0, 0.05) is 0 Å². The predicted molar refractivity (Wildman–Crippen MR) is 71.0 cm³/mol. The van der Waals surface area contributed by atoms with Gasteiger partial charge >= 0.3 is 0 Å². The van der Waals surface area contributed by atoms with Crippen molar-refractivity contribution in [3.05, 3.63) is 49.1 Å². The van der Waals surface area contributed by atoms with Crippen molar-refractivity contribution in [2.24, 2.45) is 0 Å². The van der Waals surface area contributed by atoms with Gasteiger partial charge in [0.1, 0.15) is 0 Å². The van der Waals surface area contributed by atoms with E-state index in [2.05, 4.69) is 31.7 Å². The van der Waals surface area contributed by atoms with Gasteiger partial charge in [-0.1, -0.05) is 81.7 Å². The topological polar surface area (TPSA) is 0 Å². The fourth-order valence-corrected chi connectivity index (χ4v) is 1.31. The normalized spacial score (nSPS) is 12.1. The van der Waals surface area contributed by atoms with Crippen LogP contribution < -0.4 is 0 Å². The second-order valence-electron chi connectivity index (χ2n) is 3.64. The molecule has 0 atom stereocenters. The van der Waals surface area contributed by atoms with Crippen molar-refractivity contribution < 1.29 is 0 Å². The third-order valence-electron chi connectivity index (χ3n) is 2.19. The van der Waals surface area contributed by atoms with E-state index in [1.807, 2.05) is 18.2 Å². The van der Waals surface area contributed by atoms with Crippen molar-refractivity contribution in [3.63, 3.8) is 0 Å². The van der Waals surface area contributed by atoms with Gasteiger partial charge in [-0.2, -0.15) is 0 Å². The van der Waals surface area contributed by atoms with E-state index in [-0.39, 0.29) is 0 Å². The number of unbranched alkanes of at least 4 members (excludes halogenated alkanes) is 5. The van der Waals surface area contributed by atoms with Crippen LogP contribution in [0.4, 0.5) is 0 Å². The molecule has 0 heteroatoms. The molecule has 0 bridgehead atoms. The summed E-state index contributed by atoms with van der Waals surface area (Å²) >= 11 is 0. The Morgan fingerprint density at radius 1 is 0.800 bits per heavy atom. The summed E-state index contributed by atoms with van der Waals surface area (Å²) in [7, 11) is 0. The first kappa shape index (κ1) is 14.0. The summed E-state index contributed by atoms with van der Waals surface area (Å²) in [5, 5.41) is 0. The van der Waals surface area contributed by atoms with E-state index in [0.29, 0.717) is 0 Å². The van der Waals surface area contributed by atoms with Crippen LogP contribution in [-0.4, -0.2) is 0 Å². The predicted octanol–water partition coefficient (Wildman–Crippen LogP) is 5.20. The third kappa shape index (κ3) is 13.0. The first-order valence-electron chi connectivity index (χ1n) is 6.02. The van der Waals surface area contributed by atoms with Crippen LogP contribution in [0.2, 0.25) is 0 Å². The van der Waals surface area contributed by atoms with Gasteiger partial charge in [0.25, 0.3) is 0 Å². The molecular formula is C15H24. The van der Waals surface area contributed by atoms with Crippen molar-refractivity contribution in [3.8, 4) is 0 Å². The summed E-state index contributed by atoms with van der Waals surface area (Å²) in [4.78, 5) is 0. The van der Waals surface area contributed by atoms with E-state index in [4.69, 9.17) is 0 Å². The van der Waals surface area contributed by atoms with Gasteiger partial charge in [0.2, 0.25) is 0 Å². The average Bonchev–Trinajstić information content (AvgIpc) is 2.26. The van der Waals surface area contributed by atoms with E-state index >= 15 is 0 Å². The number of hydrogen-bond acceptors (Lipinski definition) is 0. The summed E-state index contributed by atoms with van der Waals surface area (Å²) in [5.41, 5.74) is 0. The third-order valence-corrected chi connectivity index (χ3v) is 2.19. The zero-order valence-electron chi connectivity index (χ0n) is 9.99. The Kier molecular flexibility index (Phi) is 12.1. The summed E-state index contributed by atoms with van der Waals surface area (Å²) in [6.07, 6.45) is 22.1. The Bertz CT molecular complexity index is 206. The minimum atomic E-state index is 1.21. The van der Waals surface area contributed by atoms with Crippen LogP contribution in [0, 0.1) is 0 Å². The molecule has 0 amide bonds. The Labute approximate surface area is 95.1 Å². The Hall–Kier alpha value is -1.04. The summed E-state index contributed by atoms with van der Waals surface area (Å²) in [6, 6.07) is 0. The molecule has 0 spiro atoms. The van der Waals surface area contributed by atoms with Crippen LogP contribution in [0.25, 0.3) is 0 Å². The molecule has 0 aliphatic heterocycles. The molecule has 0 heterocycles. The highest BCUT2D eigenvalue weighted by Gasteiger charge is 1.85. The van der Waals surface area contributed by atoms with Gasteiger partial charge in [-0.3, -0.25) is 0 Å². The lowest BCUT2D eigenvalue weighted by Gasteiger charge is -1.95. The van der Waals surface area contributed by atoms with Gasteiger partial charge < -0.3 is 0 Å². The SMILES string of the molecule is C=C/C=C/C=C/C=C/CCCCCCC. The monoisotopic (exact) mass is 204 g/mol. The van der Waals surface area contributed by atoms with E-state index in [1.54, 1.807) is 6.08 Å². The second-order valence-corrected chi connectivity index (χ2v) is 3.64. The molecule has 0 saturated heterocycles. The Morgan fingerprint density at radius 2 is 1.47 bits per heavy atom. The largest absolute Gasteiger partial charge is 0.0991 e. The zero-order valence-corrected chi connectivity index (χ0v) is 9.99. The molecule has 0 saturated carbocycles. The maximum Gasteiger partial charge on any atom is -0.0348 e. The van der Waals surface area contributed by atoms with Crippen molar-refractivity contribution in [2.45, 2.75) is 45.4 Å². The molecule has 0 aromatic rings. The highest BCUT2D eigenvalue weighted by Crippen LogP contribution is 2.05. The average molecular weight is 204 g/mol. The lowest BCUT2D eigenvalue weighted by molar-refractivity contribution is 0.637. The van der Waals surface area contributed by atoms with Gasteiger partial charge in [0.05, 0.1) is 0 Å². The molecule has 0 nitrogen and oxygen atoms in total. The molecule has 0 fully saturated rings. The van der Waals surface area contributed by atoms with E-state index < -0.39 is 0 Å². The number of rotatable bonds is 9. The van der Waals surface area contributed by atoms with Crippen molar-refractivity contribution in [1.29, 1.82) is 0 Å². The fourth-order valence-electron chi connectivity index (χ4n) is 1.31. The molecule has 0 aliphatic rings. The number of allylic oxidation sites excluding steroid dienone is 7.